The highest BCUT2D eigenvalue weighted by atomic mass is 79.9. The quantitative estimate of drug-likeness (QED) is 0.601. The third kappa shape index (κ3) is 1.77. The number of para-hydroxylation sites is 1. The summed E-state index contributed by atoms with van der Waals surface area (Å²) in [5, 5.41) is 1.28. The molecule has 1 aromatic heterocycles. The highest BCUT2D eigenvalue weighted by Gasteiger charge is 2.08. The van der Waals surface area contributed by atoms with Crippen molar-refractivity contribution in [2.45, 2.75) is 6.92 Å². The Hall–Kier alpha value is -1.54. The van der Waals surface area contributed by atoms with Crippen molar-refractivity contribution in [3.8, 4) is 11.3 Å². The number of hydrogen-bond donors (Lipinski definition) is 0. The van der Waals surface area contributed by atoms with Crippen LogP contribution in [0.1, 0.15) is 5.56 Å². The van der Waals surface area contributed by atoms with Crippen LogP contribution in [0.4, 0.5) is 0 Å². The molecule has 0 aliphatic heterocycles. The Kier molecular flexibility index (Phi) is 2.75. The molecule has 0 atom stereocenters. The van der Waals surface area contributed by atoms with Crippen molar-refractivity contribution in [1.29, 1.82) is 0 Å². The van der Waals surface area contributed by atoms with Crippen molar-refractivity contribution in [2.75, 3.05) is 0 Å². The maximum absolute atomic E-state index is 3.60. The molecule has 0 saturated carbocycles. The van der Waals surface area contributed by atoms with Crippen LogP contribution in [-0.2, 0) is 7.05 Å². The zero-order chi connectivity index (χ0) is 12.7. The summed E-state index contributed by atoms with van der Waals surface area (Å²) in [5.41, 5.74) is 5.02. The lowest BCUT2D eigenvalue weighted by atomic mass is 10.1. The molecule has 0 aliphatic rings. The van der Waals surface area contributed by atoms with Crippen LogP contribution in [-0.4, -0.2) is 4.57 Å². The van der Waals surface area contributed by atoms with Gasteiger partial charge in [-0.25, -0.2) is 0 Å². The maximum atomic E-state index is 3.60. The summed E-state index contributed by atoms with van der Waals surface area (Å²) in [6.07, 6.45) is 0. The van der Waals surface area contributed by atoms with Gasteiger partial charge in [0.25, 0.3) is 0 Å². The first kappa shape index (κ1) is 11.5. The van der Waals surface area contributed by atoms with Gasteiger partial charge in [-0.15, -0.1) is 0 Å². The number of aromatic nitrogens is 1. The van der Waals surface area contributed by atoms with Crippen molar-refractivity contribution in [1.82, 2.24) is 4.57 Å². The van der Waals surface area contributed by atoms with Crippen LogP contribution in [0.5, 0.6) is 0 Å². The zero-order valence-corrected chi connectivity index (χ0v) is 12.0. The highest BCUT2D eigenvalue weighted by Crippen LogP contribution is 2.29. The first-order valence-electron chi connectivity index (χ1n) is 5.98. The summed E-state index contributed by atoms with van der Waals surface area (Å²) >= 11 is 3.60. The van der Waals surface area contributed by atoms with Gasteiger partial charge in [-0.3, -0.25) is 0 Å². The summed E-state index contributed by atoms with van der Waals surface area (Å²) < 4.78 is 3.40. The van der Waals surface area contributed by atoms with E-state index >= 15 is 0 Å². The predicted molar refractivity (Wildman–Crippen MR) is 80.8 cm³/mol. The molecule has 2 heteroatoms. The number of halogens is 1. The van der Waals surface area contributed by atoms with Gasteiger partial charge in [0.05, 0.1) is 0 Å². The average Bonchev–Trinajstić information content (AvgIpc) is 2.71. The van der Waals surface area contributed by atoms with Gasteiger partial charge in [-0.1, -0.05) is 46.3 Å². The minimum Gasteiger partial charge on any atom is -0.344 e. The van der Waals surface area contributed by atoms with Gasteiger partial charge in [0.15, 0.2) is 0 Å². The second kappa shape index (κ2) is 4.29. The van der Waals surface area contributed by atoms with E-state index in [0.29, 0.717) is 0 Å². The van der Waals surface area contributed by atoms with Crippen LogP contribution in [0.3, 0.4) is 0 Å². The lowest BCUT2D eigenvalue weighted by molar-refractivity contribution is 0.978. The van der Waals surface area contributed by atoms with Crippen molar-refractivity contribution in [2.24, 2.45) is 7.05 Å². The fourth-order valence-electron chi connectivity index (χ4n) is 2.32. The van der Waals surface area contributed by atoms with Crippen LogP contribution in [0.25, 0.3) is 22.2 Å². The van der Waals surface area contributed by atoms with Gasteiger partial charge in [0.2, 0.25) is 0 Å². The molecule has 0 bridgehead atoms. The molecule has 0 N–H and O–H groups in total. The second-order valence-electron chi connectivity index (χ2n) is 4.61. The summed E-state index contributed by atoms with van der Waals surface area (Å²) in [4.78, 5) is 0. The van der Waals surface area contributed by atoms with Gasteiger partial charge in [-0.05, 0) is 36.2 Å². The summed E-state index contributed by atoms with van der Waals surface area (Å²) in [7, 11) is 2.12. The maximum Gasteiger partial charge on any atom is 0.0489 e. The third-order valence-corrected chi connectivity index (χ3v) is 4.27. The Labute approximate surface area is 115 Å². The van der Waals surface area contributed by atoms with E-state index in [4.69, 9.17) is 0 Å². The molecular weight excluding hydrogens is 286 g/mol. The van der Waals surface area contributed by atoms with Crippen LogP contribution in [0, 0.1) is 6.92 Å². The molecule has 0 saturated heterocycles. The molecule has 18 heavy (non-hydrogen) atoms. The molecule has 0 fully saturated rings. The Balaban J connectivity index is 2.25. The van der Waals surface area contributed by atoms with Crippen molar-refractivity contribution >= 4 is 26.8 Å². The summed E-state index contributed by atoms with van der Waals surface area (Å²) in [5.74, 6) is 0. The minimum atomic E-state index is 1.16. The molecule has 0 amide bonds. The van der Waals surface area contributed by atoms with Crippen molar-refractivity contribution in [3.05, 3.63) is 58.6 Å². The van der Waals surface area contributed by atoms with Crippen LogP contribution >= 0.6 is 15.9 Å². The first-order chi connectivity index (χ1) is 8.66. The van der Waals surface area contributed by atoms with E-state index in [0.717, 1.165) is 4.47 Å². The second-order valence-corrected chi connectivity index (χ2v) is 5.47. The van der Waals surface area contributed by atoms with Crippen LogP contribution in [0.2, 0.25) is 0 Å². The van der Waals surface area contributed by atoms with E-state index in [9.17, 15) is 0 Å². The first-order valence-corrected chi connectivity index (χ1v) is 6.77. The number of hydrogen-bond acceptors (Lipinski definition) is 0. The molecule has 0 unspecified atom stereocenters. The molecule has 0 aliphatic carbocycles. The van der Waals surface area contributed by atoms with E-state index in [1.54, 1.807) is 0 Å². The van der Waals surface area contributed by atoms with Crippen molar-refractivity contribution < 1.29 is 0 Å². The molecule has 0 spiro atoms. The molecule has 1 heterocycles. The Morgan fingerprint density at radius 2 is 1.78 bits per heavy atom. The SMILES string of the molecule is Cc1ccc(-c2cc3ccccc3n2C)cc1Br. The standard InChI is InChI=1S/C16H14BrN/c1-11-7-8-13(9-14(11)17)16-10-12-5-3-4-6-15(12)18(16)2/h3-10H,1-2H3. The number of aryl methyl sites for hydroxylation is 2. The van der Waals surface area contributed by atoms with Gasteiger partial charge < -0.3 is 4.57 Å². The monoisotopic (exact) mass is 299 g/mol. The van der Waals surface area contributed by atoms with E-state index < -0.39 is 0 Å². The van der Waals surface area contributed by atoms with E-state index in [2.05, 4.69) is 83.0 Å². The van der Waals surface area contributed by atoms with E-state index in [-0.39, 0.29) is 0 Å². The molecule has 3 rings (SSSR count). The van der Waals surface area contributed by atoms with Crippen LogP contribution in [0.15, 0.2) is 53.0 Å². The van der Waals surface area contributed by atoms with Gasteiger partial charge in [-0.2, -0.15) is 0 Å². The number of benzene rings is 2. The van der Waals surface area contributed by atoms with E-state index in [1.165, 1.54) is 27.7 Å². The number of rotatable bonds is 1. The molecular formula is C16H14BrN. The summed E-state index contributed by atoms with van der Waals surface area (Å²) in [6.45, 7) is 2.11. The molecule has 90 valence electrons. The normalized spacial score (nSPS) is 11.1. The van der Waals surface area contributed by atoms with Gasteiger partial charge >= 0.3 is 0 Å². The Morgan fingerprint density at radius 1 is 1.00 bits per heavy atom. The largest absolute Gasteiger partial charge is 0.344 e. The Bertz CT molecular complexity index is 725. The number of fused-ring (bicyclic) bond motifs is 1. The summed E-state index contributed by atoms with van der Waals surface area (Å²) in [6, 6.07) is 17.2. The van der Waals surface area contributed by atoms with Gasteiger partial charge in [0, 0.05) is 28.1 Å². The molecule has 3 aromatic rings. The smallest absolute Gasteiger partial charge is 0.0489 e. The molecule has 1 nitrogen and oxygen atoms in total. The lowest BCUT2D eigenvalue weighted by Gasteiger charge is -2.06. The fraction of sp³-hybridized carbons (Fsp3) is 0.125. The average molecular weight is 300 g/mol. The van der Waals surface area contributed by atoms with Crippen LogP contribution < -0.4 is 0 Å². The Morgan fingerprint density at radius 3 is 2.50 bits per heavy atom. The zero-order valence-electron chi connectivity index (χ0n) is 10.4. The van der Waals surface area contributed by atoms with E-state index in [1.807, 2.05) is 0 Å². The molecule has 2 aromatic carbocycles. The minimum absolute atomic E-state index is 1.16. The van der Waals surface area contributed by atoms with Crippen molar-refractivity contribution in [3.63, 3.8) is 0 Å². The molecule has 0 radical (unpaired) electrons. The van der Waals surface area contributed by atoms with Gasteiger partial charge in [0.1, 0.15) is 0 Å². The third-order valence-electron chi connectivity index (χ3n) is 3.42. The topological polar surface area (TPSA) is 4.93 Å². The predicted octanol–water partition coefficient (Wildman–Crippen LogP) is 4.92. The highest BCUT2D eigenvalue weighted by molar-refractivity contribution is 9.10. The number of nitrogens with zero attached hydrogens (tertiary/aromatic N) is 1. The lowest BCUT2D eigenvalue weighted by Crippen LogP contribution is -1.91. The fourth-order valence-corrected chi connectivity index (χ4v) is 2.70.